The van der Waals surface area contributed by atoms with Crippen molar-refractivity contribution in [2.75, 3.05) is 0 Å². The molecule has 0 amide bonds. The zero-order valence-corrected chi connectivity index (χ0v) is 26.7. The predicted molar refractivity (Wildman–Crippen MR) is 185 cm³/mol. The van der Waals surface area contributed by atoms with Crippen molar-refractivity contribution in [3.05, 3.63) is 125 Å². The van der Waals surface area contributed by atoms with E-state index < -0.39 is 11.9 Å². The molecule has 2 aliphatic rings. The summed E-state index contributed by atoms with van der Waals surface area (Å²) in [6, 6.07) is 33.0. The number of esters is 1. The van der Waals surface area contributed by atoms with E-state index >= 15 is 0 Å². The van der Waals surface area contributed by atoms with Crippen molar-refractivity contribution >= 4 is 44.0 Å². The van der Waals surface area contributed by atoms with Crippen molar-refractivity contribution in [2.24, 2.45) is 7.05 Å². The van der Waals surface area contributed by atoms with Crippen LogP contribution in [0.2, 0.25) is 0 Å². The molecule has 5 nitrogen and oxygen atoms in total. The molecule has 2 aliphatic heterocycles. The quantitative estimate of drug-likeness (QED) is 0.149. The van der Waals surface area contributed by atoms with Gasteiger partial charge in [-0.3, -0.25) is 0 Å². The second kappa shape index (κ2) is 10.4. The van der Waals surface area contributed by atoms with E-state index in [1.807, 2.05) is 56.3 Å². The molecule has 0 unspecified atom stereocenters. The maximum absolute atomic E-state index is 14.4. The maximum atomic E-state index is 14.4. The van der Waals surface area contributed by atoms with Crippen molar-refractivity contribution in [3.63, 3.8) is 0 Å². The van der Waals surface area contributed by atoms with E-state index in [0.717, 1.165) is 72.4 Å². The molecule has 46 heavy (non-hydrogen) atoms. The van der Waals surface area contributed by atoms with Crippen LogP contribution in [0.4, 0.5) is 0 Å². The first-order valence-electron chi connectivity index (χ1n) is 15.9. The zero-order valence-electron chi connectivity index (χ0n) is 26.7. The summed E-state index contributed by atoms with van der Waals surface area (Å²) in [5, 5.41) is 5.35. The number of ether oxygens (including phenoxy) is 3. The number of nitrogens with zero attached hydrogens (tertiary/aromatic N) is 1. The molecule has 0 saturated carbocycles. The molecule has 1 fully saturated rings. The summed E-state index contributed by atoms with van der Waals surface area (Å²) in [5.74, 6) is -1.06. The summed E-state index contributed by atoms with van der Waals surface area (Å²) >= 11 is 0. The third kappa shape index (κ3) is 3.97. The Kier molecular flexibility index (Phi) is 6.36. The highest BCUT2D eigenvalue weighted by Crippen LogP contribution is 2.54. The number of fused-ring (bicyclic) bond motifs is 8. The fourth-order valence-corrected chi connectivity index (χ4v) is 7.48. The minimum atomic E-state index is -1.81. The average molecular weight is 606 g/mol. The van der Waals surface area contributed by atoms with Gasteiger partial charge in [-0.2, -0.15) is 0 Å². The molecular weight excluding hydrogens is 570 g/mol. The van der Waals surface area contributed by atoms with Gasteiger partial charge in [-0.05, 0) is 72.5 Å². The van der Waals surface area contributed by atoms with Crippen LogP contribution in [0.15, 0.2) is 114 Å². The van der Waals surface area contributed by atoms with Gasteiger partial charge >= 0.3 is 11.9 Å². The second-order valence-electron chi connectivity index (χ2n) is 12.5. The summed E-state index contributed by atoms with van der Waals surface area (Å²) in [5.41, 5.74) is 8.09. The predicted octanol–water partition coefficient (Wildman–Crippen LogP) is 10.0. The third-order valence-electron chi connectivity index (χ3n) is 9.51. The van der Waals surface area contributed by atoms with E-state index in [9.17, 15) is 4.79 Å². The van der Waals surface area contributed by atoms with Gasteiger partial charge in [0.15, 0.2) is 0 Å². The number of allylic oxidation sites excluding steroid dienone is 2. The number of aromatic nitrogens is 1. The normalized spacial score (nSPS) is 16.2. The molecule has 1 spiro atoms. The highest BCUT2D eigenvalue weighted by atomic mass is 16.9. The molecular formula is C41H35NO4. The molecule has 5 aromatic carbocycles. The van der Waals surface area contributed by atoms with E-state index in [-0.39, 0.29) is 0 Å². The first kappa shape index (κ1) is 28.2. The van der Waals surface area contributed by atoms with Gasteiger partial charge in [-0.1, -0.05) is 97.8 Å². The Morgan fingerprint density at radius 1 is 0.717 bits per heavy atom. The van der Waals surface area contributed by atoms with Gasteiger partial charge in [-0.25, -0.2) is 4.79 Å². The van der Waals surface area contributed by atoms with Gasteiger partial charge in [0.1, 0.15) is 11.5 Å². The molecule has 0 aliphatic carbocycles. The summed E-state index contributed by atoms with van der Waals surface area (Å²) in [6.07, 6.45) is 1.54. The van der Waals surface area contributed by atoms with E-state index in [1.165, 1.54) is 0 Å². The van der Waals surface area contributed by atoms with Gasteiger partial charge in [0.05, 0.1) is 11.1 Å². The number of para-hydroxylation sites is 1. The summed E-state index contributed by atoms with van der Waals surface area (Å²) < 4.78 is 22.5. The van der Waals surface area contributed by atoms with E-state index in [1.54, 1.807) is 0 Å². The number of hydrogen-bond donors (Lipinski definition) is 0. The Morgan fingerprint density at radius 3 is 1.83 bits per heavy atom. The molecule has 8 rings (SSSR count). The maximum Gasteiger partial charge on any atom is 0.450 e. The Bertz CT molecular complexity index is 2230. The van der Waals surface area contributed by atoms with Crippen LogP contribution in [0, 0.1) is 6.92 Å². The van der Waals surface area contributed by atoms with Gasteiger partial charge in [0, 0.05) is 40.3 Å². The highest BCUT2D eigenvalue weighted by Gasteiger charge is 2.57. The summed E-state index contributed by atoms with van der Waals surface area (Å²) in [4.78, 5) is 14.4. The lowest BCUT2D eigenvalue weighted by atomic mass is 9.88. The van der Waals surface area contributed by atoms with Crippen molar-refractivity contribution in [1.29, 1.82) is 0 Å². The Labute approximate surface area is 268 Å². The first-order valence-corrected chi connectivity index (χ1v) is 15.9. The van der Waals surface area contributed by atoms with Gasteiger partial charge < -0.3 is 18.8 Å². The Morgan fingerprint density at radius 2 is 1.26 bits per heavy atom. The van der Waals surface area contributed by atoms with Crippen LogP contribution in [-0.2, 0) is 16.6 Å². The lowest BCUT2D eigenvalue weighted by Gasteiger charge is -2.29. The van der Waals surface area contributed by atoms with Crippen molar-refractivity contribution in [1.82, 2.24) is 4.57 Å². The summed E-state index contributed by atoms with van der Waals surface area (Å²) in [7, 11) is 2.08. The number of benzene rings is 5. The van der Waals surface area contributed by atoms with Crippen molar-refractivity contribution in [3.8, 4) is 22.6 Å². The molecule has 3 heterocycles. The second-order valence-corrected chi connectivity index (χ2v) is 12.5. The molecule has 1 saturated heterocycles. The fourth-order valence-electron chi connectivity index (χ4n) is 7.48. The van der Waals surface area contributed by atoms with Gasteiger partial charge in [0.25, 0.3) is 0 Å². The van der Waals surface area contributed by atoms with Crippen molar-refractivity contribution in [2.45, 2.75) is 46.5 Å². The molecule has 1 aromatic heterocycles. The lowest BCUT2D eigenvalue weighted by molar-refractivity contribution is -0.244. The zero-order chi connectivity index (χ0) is 31.7. The highest BCUT2D eigenvalue weighted by molar-refractivity contribution is 6.12. The monoisotopic (exact) mass is 605 g/mol. The van der Waals surface area contributed by atoms with Gasteiger partial charge in [-0.15, -0.1) is 0 Å². The van der Waals surface area contributed by atoms with E-state index in [4.69, 9.17) is 14.2 Å². The smallest absolute Gasteiger partial charge is 0.416 e. The van der Waals surface area contributed by atoms with Crippen LogP contribution in [0.5, 0.6) is 11.5 Å². The largest absolute Gasteiger partial charge is 0.450 e. The lowest BCUT2D eigenvalue weighted by Crippen LogP contribution is -2.43. The number of rotatable bonds is 3. The van der Waals surface area contributed by atoms with Crippen LogP contribution in [0.25, 0.3) is 49.1 Å². The van der Waals surface area contributed by atoms with Crippen molar-refractivity contribution < 1.29 is 19.0 Å². The first-order chi connectivity index (χ1) is 22.3. The molecule has 6 aromatic rings. The minimum absolute atomic E-state index is 0.446. The molecule has 0 bridgehead atoms. The van der Waals surface area contributed by atoms with Crippen LogP contribution < -0.4 is 9.47 Å². The van der Waals surface area contributed by atoms with E-state index in [0.29, 0.717) is 29.1 Å². The standard InChI is InChI=1S/C41H35NO4/c1-6-13-31(35-25(4)42(5)32-19-12-11-18-30(32)35)38-39(24(2)3)41(46-40(38)43)44-33-22-20-26-14-7-9-16-28(26)36(33)37-29-17-10-8-15-27(29)21-23-34(37)45-41/h7-12,14-23H,6,13H2,1-5H3/b38-31+. The van der Waals surface area contributed by atoms with Crippen LogP contribution >= 0.6 is 0 Å². The number of aryl methyl sites for hydroxylation is 1. The van der Waals surface area contributed by atoms with Crippen LogP contribution in [-0.4, -0.2) is 16.5 Å². The topological polar surface area (TPSA) is 49.7 Å². The molecule has 0 N–H and O–H groups in total. The number of hydrogen-bond acceptors (Lipinski definition) is 4. The molecule has 5 heteroatoms. The number of carbonyl (C=O) groups is 1. The van der Waals surface area contributed by atoms with Gasteiger partial charge in [0.2, 0.25) is 0 Å². The third-order valence-corrected chi connectivity index (χ3v) is 9.51. The minimum Gasteiger partial charge on any atom is -0.416 e. The Hall–Kier alpha value is -5.29. The SMILES string of the molecule is CCC/C(=C1\C(=O)OC2(Oc3ccc4ccccc4c3-c3c(ccc4ccccc34)O2)C1=C(C)C)c1c(C)n(C)c2ccccc12. The molecule has 228 valence electrons. The molecule has 0 atom stereocenters. The van der Waals surface area contributed by atoms with Crippen LogP contribution in [0.1, 0.15) is 44.9 Å². The van der Waals surface area contributed by atoms with E-state index in [2.05, 4.69) is 80.1 Å². The number of carbonyl (C=O) groups excluding carboxylic acids is 1. The fraction of sp³-hybridized carbons (Fsp3) is 0.195. The molecule has 0 radical (unpaired) electrons. The van der Waals surface area contributed by atoms with Crippen LogP contribution in [0.3, 0.4) is 0 Å². The Balaban J connectivity index is 1.44. The average Bonchev–Trinajstić information content (AvgIpc) is 3.42. The summed E-state index contributed by atoms with van der Waals surface area (Å²) in [6.45, 7) is 8.25.